The van der Waals surface area contributed by atoms with Crippen LogP contribution in [0.2, 0.25) is 0 Å². The molecule has 0 aliphatic carbocycles. The molecule has 0 aromatic carbocycles. The van der Waals surface area contributed by atoms with E-state index in [-0.39, 0.29) is 36.5 Å². The maximum absolute atomic E-state index is 11.8. The largest absolute Gasteiger partial charge is 0.441 e. The van der Waals surface area contributed by atoms with E-state index in [1.165, 1.54) is 0 Å². The smallest absolute Gasteiger partial charge is 0.354 e. The molecule has 1 rings (SSSR count). The number of amides is 1. The molecule has 0 spiro atoms. The standard InChI is InChI=1S/C10H18F3N3OS/c11-10(12,13)18-7-4-15-9(17)8-16-5-1-2-14-3-6-16/h14H,1-8H2,(H,15,17). The fourth-order valence-electron chi connectivity index (χ4n) is 1.68. The second-order valence-electron chi connectivity index (χ2n) is 4.02. The highest BCUT2D eigenvalue weighted by atomic mass is 32.2. The zero-order chi connectivity index (χ0) is 13.4. The van der Waals surface area contributed by atoms with Crippen molar-refractivity contribution in [3.8, 4) is 0 Å². The van der Waals surface area contributed by atoms with Crippen LogP contribution in [0.25, 0.3) is 0 Å². The molecule has 0 bridgehead atoms. The molecule has 1 saturated heterocycles. The first-order chi connectivity index (χ1) is 8.47. The van der Waals surface area contributed by atoms with E-state index in [1.807, 2.05) is 4.90 Å². The van der Waals surface area contributed by atoms with E-state index in [4.69, 9.17) is 0 Å². The van der Waals surface area contributed by atoms with Crippen molar-refractivity contribution < 1.29 is 18.0 Å². The molecule has 0 aromatic heterocycles. The summed E-state index contributed by atoms with van der Waals surface area (Å²) in [5, 5.41) is 5.72. The number of nitrogens with one attached hydrogen (secondary N) is 2. The third-order valence-corrected chi connectivity index (χ3v) is 3.23. The second-order valence-corrected chi connectivity index (χ2v) is 5.18. The van der Waals surface area contributed by atoms with Crippen molar-refractivity contribution >= 4 is 17.7 Å². The summed E-state index contributed by atoms with van der Waals surface area (Å²) in [6, 6.07) is 0. The Kier molecular flexibility index (Phi) is 6.80. The lowest BCUT2D eigenvalue weighted by Gasteiger charge is -2.18. The average molecular weight is 285 g/mol. The minimum Gasteiger partial charge on any atom is -0.354 e. The Morgan fingerprint density at radius 3 is 2.83 bits per heavy atom. The quantitative estimate of drug-likeness (QED) is 0.728. The number of alkyl halides is 3. The van der Waals surface area contributed by atoms with Gasteiger partial charge in [-0.3, -0.25) is 9.69 Å². The molecule has 0 radical (unpaired) electrons. The summed E-state index contributed by atoms with van der Waals surface area (Å²) >= 11 is -0.113. The van der Waals surface area contributed by atoms with E-state index in [9.17, 15) is 18.0 Å². The molecule has 0 aromatic rings. The van der Waals surface area contributed by atoms with Gasteiger partial charge in [0, 0.05) is 25.4 Å². The highest BCUT2D eigenvalue weighted by Gasteiger charge is 2.27. The zero-order valence-electron chi connectivity index (χ0n) is 10.1. The van der Waals surface area contributed by atoms with E-state index in [2.05, 4.69) is 10.6 Å². The Morgan fingerprint density at radius 1 is 1.33 bits per heavy atom. The van der Waals surface area contributed by atoms with Crippen LogP contribution in [0.3, 0.4) is 0 Å². The molecule has 1 heterocycles. The summed E-state index contributed by atoms with van der Waals surface area (Å²) in [7, 11) is 0. The Hall–Kier alpha value is -0.470. The van der Waals surface area contributed by atoms with Crippen LogP contribution in [0.1, 0.15) is 6.42 Å². The molecule has 18 heavy (non-hydrogen) atoms. The first-order valence-electron chi connectivity index (χ1n) is 5.88. The molecular weight excluding hydrogens is 267 g/mol. The highest BCUT2D eigenvalue weighted by molar-refractivity contribution is 8.00. The van der Waals surface area contributed by atoms with Gasteiger partial charge < -0.3 is 10.6 Å². The van der Waals surface area contributed by atoms with Crippen LogP contribution in [0, 0.1) is 0 Å². The summed E-state index contributed by atoms with van der Waals surface area (Å²) < 4.78 is 35.5. The normalized spacial score (nSPS) is 18.4. The third-order valence-electron chi connectivity index (χ3n) is 2.49. The lowest BCUT2D eigenvalue weighted by molar-refractivity contribution is -0.122. The van der Waals surface area contributed by atoms with Gasteiger partial charge in [-0.15, -0.1) is 0 Å². The summed E-state index contributed by atoms with van der Waals surface area (Å²) in [6.45, 7) is 3.74. The fourth-order valence-corrected chi connectivity index (χ4v) is 2.11. The van der Waals surface area contributed by atoms with Gasteiger partial charge in [0.15, 0.2) is 0 Å². The topological polar surface area (TPSA) is 44.4 Å². The van der Waals surface area contributed by atoms with Gasteiger partial charge in [-0.25, -0.2) is 0 Å². The summed E-state index contributed by atoms with van der Waals surface area (Å²) in [6.07, 6.45) is 0.983. The number of halogens is 3. The highest BCUT2D eigenvalue weighted by Crippen LogP contribution is 2.29. The van der Waals surface area contributed by atoms with Crippen molar-refractivity contribution in [1.29, 1.82) is 0 Å². The van der Waals surface area contributed by atoms with Crippen LogP contribution in [-0.2, 0) is 4.79 Å². The molecule has 1 aliphatic heterocycles. The number of hydrogen-bond donors (Lipinski definition) is 2. The Bertz CT molecular complexity index is 255. The molecule has 1 aliphatic rings. The molecule has 0 saturated carbocycles. The van der Waals surface area contributed by atoms with Crippen LogP contribution < -0.4 is 10.6 Å². The molecule has 8 heteroatoms. The number of carbonyl (C=O) groups excluding carboxylic acids is 1. The average Bonchev–Trinajstić information content (AvgIpc) is 2.52. The van der Waals surface area contributed by atoms with Gasteiger partial charge in [-0.05, 0) is 31.3 Å². The van der Waals surface area contributed by atoms with Crippen molar-refractivity contribution in [1.82, 2.24) is 15.5 Å². The summed E-state index contributed by atoms with van der Waals surface area (Å²) in [5.41, 5.74) is -4.22. The molecule has 106 valence electrons. The van der Waals surface area contributed by atoms with Crippen LogP contribution >= 0.6 is 11.8 Å². The predicted octanol–water partition coefficient (Wildman–Crippen LogP) is 0.651. The van der Waals surface area contributed by atoms with E-state index < -0.39 is 5.51 Å². The van der Waals surface area contributed by atoms with Gasteiger partial charge in [0.2, 0.25) is 5.91 Å². The maximum Gasteiger partial charge on any atom is 0.441 e. The molecule has 0 unspecified atom stereocenters. The Morgan fingerprint density at radius 2 is 2.11 bits per heavy atom. The monoisotopic (exact) mass is 285 g/mol. The molecule has 4 nitrogen and oxygen atoms in total. The SMILES string of the molecule is O=C(CN1CCCNCC1)NCCSC(F)(F)F. The maximum atomic E-state index is 11.8. The van der Waals surface area contributed by atoms with E-state index >= 15 is 0 Å². The minimum atomic E-state index is -4.22. The number of nitrogens with zero attached hydrogens (tertiary/aromatic N) is 1. The molecule has 0 atom stereocenters. The van der Waals surface area contributed by atoms with Gasteiger partial charge in [-0.2, -0.15) is 13.2 Å². The van der Waals surface area contributed by atoms with Crippen molar-refractivity contribution in [3.63, 3.8) is 0 Å². The van der Waals surface area contributed by atoms with Crippen molar-refractivity contribution in [2.45, 2.75) is 11.9 Å². The lowest BCUT2D eigenvalue weighted by atomic mass is 10.4. The van der Waals surface area contributed by atoms with E-state index in [0.717, 1.165) is 32.6 Å². The lowest BCUT2D eigenvalue weighted by Crippen LogP contribution is -2.39. The van der Waals surface area contributed by atoms with Gasteiger partial charge in [0.05, 0.1) is 6.54 Å². The number of thioether (sulfide) groups is 1. The van der Waals surface area contributed by atoms with Gasteiger partial charge in [0.1, 0.15) is 0 Å². The number of hydrogen-bond acceptors (Lipinski definition) is 4. The van der Waals surface area contributed by atoms with Crippen LogP contribution in [0.5, 0.6) is 0 Å². The predicted molar refractivity (Wildman–Crippen MR) is 65.4 cm³/mol. The number of rotatable bonds is 5. The minimum absolute atomic E-state index is 0.0507. The van der Waals surface area contributed by atoms with Crippen LogP contribution in [-0.4, -0.2) is 61.3 Å². The number of carbonyl (C=O) groups is 1. The third kappa shape index (κ3) is 7.78. The van der Waals surface area contributed by atoms with E-state index in [1.54, 1.807) is 0 Å². The van der Waals surface area contributed by atoms with Crippen molar-refractivity contribution in [2.24, 2.45) is 0 Å². The fraction of sp³-hybridized carbons (Fsp3) is 0.900. The zero-order valence-corrected chi connectivity index (χ0v) is 10.9. The summed E-state index contributed by atoms with van der Waals surface area (Å²) in [5.74, 6) is -0.351. The van der Waals surface area contributed by atoms with Gasteiger partial charge >= 0.3 is 5.51 Å². The van der Waals surface area contributed by atoms with Crippen LogP contribution in [0.15, 0.2) is 0 Å². The van der Waals surface area contributed by atoms with E-state index in [0.29, 0.717) is 0 Å². The molecular formula is C10H18F3N3OS. The van der Waals surface area contributed by atoms with Crippen LogP contribution in [0.4, 0.5) is 13.2 Å². The molecule has 2 N–H and O–H groups in total. The Labute approximate surface area is 109 Å². The van der Waals surface area contributed by atoms with Crippen molar-refractivity contribution in [3.05, 3.63) is 0 Å². The van der Waals surface area contributed by atoms with Gasteiger partial charge in [-0.1, -0.05) is 0 Å². The summed E-state index contributed by atoms with van der Waals surface area (Å²) in [4.78, 5) is 13.5. The first kappa shape index (κ1) is 15.6. The first-order valence-corrected chi connectivity index (χ1v) is 6.86. The molecule has 1 amide bonds. The molecule has 1 fully saturated rings. The Balaban J connectivity index is 2.09. The van der Waals surface area contributed by atoms with Gasteiger partial charge in [0.25, 0.3) is 0 Å². The van der Waals surface area contributed by atoms with Crippen molar-refractivity contribution in [2.75, 3.05) is 45.0 Å². The second kappa shape index (κ2) is 7.85.